The number of benzene rings is 2. The molecule has 0 amide bonds. The van der Waals surface area contributed by atoms with Crippen LogP contribution in [0.15, 0.2) is 48.5 Å². The van der Waals surface area contributed by atoms with Crippen molar-refractivity contribution in [2.45, 2.75) is 128 Å². The van der Waals surface area contributed by atoms with Crippen LogP contribution in [0.4, 0.5) is 0 Å². The van der Waals surface area contributed by atoms with Gasteiger partial charge in [-0.25, -0.2) is 0 Å². The van der Waals surface area contributed by atoms with E-state index in [1.54, 1.807) is 0 Å². The van der Waals surface area contributed by atoms with Crippen LogP contribution in [0.3, 0.4) is 0 Å². The quantitative estimate of drug-likeness (QED) is 0.282. The summed E-state index contributed by atoms with van der Waals surface area (Å²) in [6.07, 6.45) is 15.9. The number of rotatable bonds is 14. The average molecular weight is 465 g/mol. The minimum atomic E-state index is -0.182. The van der Waals surface area contributed by atoms with Gasteiger partial charge >= 0.3 is 0 Å². The van der Waals surface area contributed by atoms with Gasteiger partial charge in [-0.2, -0.15) is 0 Å². The maximum absolute atomic E-state index is 10.3. The fraction of sp³-hybridized carbons (Fsp3) is 0.625. The maximum atomic E-state index is 10.3. The Hall–Kier alpha value is -1.80. The zero-order valence-corrected chi connectivity index (χ0v) is 22.0. The van der Waals surface area contributed by atoms with Crippen LogP contribution in [0, 0.1) is 0 Å². The van der Waals surface area contributed by atoms with Crippen LogP contribution >= 0.6 is 0 Å². The van der Waals surface area contributed by atoms with Gasteiger partial charge in [0.2, 0.25) is 0 Å². The van der Waals surface area contributed by atoms with E-state index in [4.69, 9.17) is 4.74 Å². The van der Waals surface area contributed by atoms with Gasteiger partial charge in [0, 0.05) is 0 Å². The number of hydrogen-bond acceptors (Lipinski definition) is 2. The molecule has 0 spiro atoms. The second kappa shape index (κ2) is 13.9. The number of aliphatic hydroxyl groups excluding tert-OH is 1. The molecular weight excluding hydrogens is 416 g/mol. The molecule has 0 unspecified atom stereocenters. The first-order chi connectivity index (χ1) is 16.5. The van der Waals surface area contributed by atoms with E-state index in [-0.39, 0.29) is 11.5 Å². The van der Waals surface area contributed by atoms with Gasteiger partial charge < -0.3 is 9.84 Å². The van der Waals surface area contributed by atoms with Crippen LogP contribution in [0.2, 0.25) is 0 Å². The highest BCUT2D eigenvalue weighted by Gasteiger charge is 2.27. The lowest BCUT2D eigenvalue weighted by atomic mass is 9.77. The third kappa shape index (κ3) is 8.45. The largest absolute Gasteiger partial charge is 0.489 e. The van der Waals surface area contributed by atoms with Gasteiger partial charge in [-0.3, -0.25) is 0 Å². The Labute approximate surface area is 209 Å². The van der Waals surface area contributed by atoms with Crippen LogP contribution in [-0.2, 0) is 12.0 Å². The summed E-state index contributed by atoms with van der Waals surface area (Å²) < 4.78 is 6.46. The summed E-state index contributed by atoms with van der Waals surface area (Å²) in [6, 6.07) is 17.4. The Kier molecular flexibility index (Phi) is 11.0. The van der Waals surface area contributed by atoms with E-state index in [0.717, 1.165) is 31.4 Å². The van der Waals surface area contributed by atoms with E-state index in [1.807, 2.05) is 6.07 Å². The molecule has 188 valence electrons. The third-order valence-electron chi connectivity index (χ3n) is 7.77. The molecular formula is C32H48O2. The maximum Gasteiger partial charge on any atom is 0.123 e. The number of aliphatic hydroxyl groups is 1. The van der Waals surface area contributed by atoms with Crippen LogP contribution in [0.25, 0.3) is 0 Å². The first-order valence-electron chi connectivity index (χ1n) is 14.0. The molecule has 3 rings (SSSR count). The molecule has 1 aliphatic rings. The van der Waals surface area contributed by atoms with Gasteiger partial charge in [0.25, 0.3) is 0 Å². The van der Waals surface area contributed by atoms with Gasteiger partial charge in [0.15, 0.2) is 0 Å². The van der Waals surface area contributed by atoms with Crippen molar-refractivity contribution in [3.8, 4) is 5.75 Å². The molecule has 1 aliphatic carbocycles. The predicted molar refractivity (Wildman–Crippen MR) is 145 cm³/mol. The Morgan fingerprint density at radius 3 is 2.29 bits per heavy atom. The van der Waals surface area contributed by atoms with Gasteiger partial charge in [-0.15, -0.1) is 0 Å². The standard InChI is InChI=1S/C32H48O2/c1-4-5-6-7-8-9-10-14-22-32(2,3)28-20-21-30(27-18-15-19-29(33)23-27)31(24-28)34-25-26-16-12-11-13-17-26/h11-13,16-17,20-21,24,27,29,33H,4-10,14-15,18-19,22-23,25H2,1-3H3/t27-,29-/m1/s1. The number of hydrogen-bond donors (Lipinski definition) is 1. The van der Waals surface area contributed by atoms with Crippen molar-refractivity contribution in [2.24, 2.45) is 0 Å². The highest BCUT2D eigenvalue weighted by Crippen LogP contribution is 2.41. The van der Waals surface area contributed by atoms with E-state index < -0.39 is 0 Å². The minimum Gasteiger partial charge on any atom is -0.489 e. The lowest BCUT2D eigenvalue weighted by Crippen LogP contribution is -2.20. The van der Waals surface area contributed by atoms with Crippen molar-refractivity contribution < 1.29 is 9.84 Å². The minimum absolute atomic E-state index is 0.137. The van der Waals surface area contributed by atoms with Crippen LogP contribution in [-0.4, -0.2) is 11.2 Å². The zero-order chi connectivity index (χ0) is 24.2. The first kappa shape index (κ1) is 26.8. The Morgan fingerprint density at radius 1 is 0.882 bits per heavy atom. The van der Waals surface area contributed by atoms with Crippen molar-refractivity contribution in [3.05, 3.63) is 65.2 Å². The van der Waals surface area contributed by atoms with Gasteiger partial charge in [-0.1, -0.05) is 121 Å². The van der Waals surface area contributed by atoms with E-state index in [0.29, 0.717) is 12.5 Å². The summed E-state index contributed by atoms with van der Waals surface area (Å²) in [4.78, 5) is 0. The molecule has 0 bridgehead atoms. The molecule has 2 aromatic carbocycles. The molecule has 1 saturated carbocycles. The fourth-order valence-corrected chi connectivity index (χ4v) is 5.44. The summed E-state index contributed by atoms with van der Waals surface area (Å²) in [6.45, 7) is 7.64. The topological polar surface area (TPSA) is 29.5 Å². The monoisotopic (exact) mass is 464 g/mol. The molecule has 34 heavy (non-hydrogen) atoms. The SMILES string of the molecule is CCCCCCCCCCC(C)(C)c1ccc([C@@H]2CCC[C@@H](O)C2)c(OCc2ccccc2)c1. The zero-order valence-electron chi connectivity index (χ0n) is 22.0. The lowest BCUT2D eigenvalue weighted by molar-refractivity contribution is 0.118. The summed E-state index contributed by atoms with van der Waals surface area (Å²) in [5.41, 5.74) is 3.98. The molecule has 1 fully saturated rings. The second-order valence-corrected chi connectivity index (χ2v) is 11.2. The summed E-state index contributed by atoms with van der Waals surface area (Å²) in [5, 5.41) is 10.3. The summed E-state index contributed by atoms with van der Waals surface area (Å²) in [5.74, 6) is 1.41. The first-order valence-corrected chi connectivity index (χ1v) is 14.0. The summed E-state index contributed by atoms with van der Waals surface area (Å²) >= 11 is 0. The molecule has 0 heterocycles. The molecule has 2 aromatic rings. The van der Waals surface area contributed by atoms with Crippen molar-refractivity contribution >= 4 is 0 Å². The molecule has 2 heteroatoms. The molecule has 0 aliphatic heterocycles. The lowest BCUT2D eigenvalue weighted by Gasteiger charge is -2.30. The van der Waals surface area contributed by atoms with Crippen molar-refractivity contribution in [3.63, 3.8) is 0 Å². The van der Waals surface area contributed by atoms with Crippen molar-refractivity contribution in [1.82, 2.24) is 0 Å². The summed E-state index contributed by atoms with van der Waals surface area (Å²) in [7, 11) is 0. The van der Waals surface area contributed by atoms with E-state index in [1.165, 1.54) is 74.5 Å². The van der Waals surface area contributed by atoms with E-state index in [9.17, 15) is 5.11 Å². The van der Waals surface area contributed by atoms with E-state index >= 15 is 0 Å². The van der Waals surface area contributed by atoms with Gasteiger partial charge in [0.05, 0.1) is 6.10 Å². The predicted octanol–water partition coefficient (Wildman–Crippen LogP) is 9.09. The molecule has 0 radical (unpaired) electrons. The molecule has 2 atom stereocenters. The second-order valence-electron chi connectivity index (χ2n) is 11.2. The molecule has 2 nitrogen and oxygen atoms in total. The molecule has 0 saturated heterocycles. The van der Waals surface area contributed by atoms with E-state index in [2.05, 4.69) is 63.2 Å². The Balaban J connectivity index is 1.65. The van der Waals surface area contributed by atoms with Crippen LogP contribution < -0.4 is 4.74 Å². The number of unbranched alkanes of at least 4 members (excludes halogenated alkanes) is 7. The normalized spacial score (nSPS) is 18.7. The van der Waals surface area contributed by atoms with Crippen molar-refractivity contribution in [1.29, 1.82) is 0 Å². The van der Waals surface area contributed by atoms with Crippen molar-refractivity contribution in [2.75, 3.05) is 0 Å². The Morgan fingerprint density at radius 2 is 1.59 bits per heavy atom. The van der Waals surface area contributed by atoms with Gasteiger partial charge in [0.1, 0.15) is 12.4 Å². The number of ether oxygens (including phenoxy) is 1. The highest BCUT2D eigenvalue weighted by atomic mass is 16.5. The average Bonchev–Trinajstić information content (AvgIpc) is 2.85. The molecule has 1 N–H and O–H groups in total. The highest BCUT2D eigenvalue weighted by molar-refractivity contribution is 5.43. The third-order valence-corrected chi connectivity index (χ3v) is 7.77. The molecule has 0 aromatic heterocycles. The van der Waals surface area contributed by atoms with Gasteiger partial charge in [-0.05, 0) is 59.8 Å². The fourth-order valence-electron chi connectivity index (χ4n) is 5.44. The van der Waals surface area contributed by atoms with Crippen LogP contribution in [0.5, 0.6) is 5.75 Å². The Bertz CT molecular complexity index is 826. The van der Waals surface area contributed by atoms with Crippen LogP contribution in [0.1, 0.15) is 127 Å². The smallest absolute Gasteiger partial charge is 0.123 e.